The Morgan fingerprint density at radius 1 is 1.43 bits per heavy atom. The maximum atomic E-state index is 14.8. The van der Waals surface area contributed by atoms with E-state index >= 15 is 0 Å². The van der Waals surface area contributed by atoms with Crippen molar-refractivity contribution in [2.75, 3.05) is 36.0 Å². The summed E-state index contributed by atoms with van der Waals surface area (Å²) >= 11 is 0. The summed E-state index contributed by atoms with van der Waals surface area (Å²) < 4.78 is 20.0. The van der Waals surface area contributed by atoms with Crippen molar-refractivity contribution in [2.24, 2.45) is 11.8 Å². The molecule has 150 valence electrons. The molecule has 0 saturated carbocycles. The fraction of sp³-hybridized carbons (Fsp3) is 0.550. The van der Waals surface area contributed by atoms with E-state index in [9.17, 15) is 14.0 Å². The minimum absolute atomic E-state index is 0.197. The second-order valence-electron chi connectivity index (χ2n) is 7.52. The van der Waals surface area contributed by atoms with Crippen molar-refractivity contribution in [3.8, 4) is 6.07 Å². The summed E-state index contributed by atoms with van der Waals surface area (Å²) in [5.41, 5.74) is 0.942. The molecule has 28 heavy (non-hydrogen) atoms. The number of ether oxygens (including phenoxy) is 1. The zero-order valence-corrected chi connectivity index (χ0v) is 16.2. The zero-order chi connectivity index (χ0) is 20.3. The van der Waals surface area contributed by atoms with Gasteiger partial charge in [0.25, 0.3) is 0 Å². The second kappa shape index (κ2) is 8.46. The molecule has 3 unspecified atom stereocenters. The molecule has 2 aliphatic rings. The van der Waals surface area contributed by atoms with E-state index < -0.39 is 12.2 Å². The average molecular weight is 388 g/mol. The van der Waals surface area contributed by atoms with Gasteiger partial charge in [-0.25, -0.2) is 9.18 Å². The lowest BCUT2D eigenvalue weighted by Crippen LogP contribution is -2.39. The number of hydrogen-bond donors (Lipinski definition) is 1. The molecule has 1 aromatic rings. The predicted octanol–water partition coefficient (Wildman–Crippen LogP) is 2.66. The lowest BCUT2D eigenvalue weighted by atomic mass is 9.84. The van der Waals surface area contributed by atoms with Crippen LogP contribution in [-0.4, -0.2) is 44.3 Å². The highest BCUT2D eigenvalue weighted by Crippen LogP contribution is 2.33. The SMILES string of the molecule is CC(=O)NCC1CN(c2ccc(N3CCC(CC#N)C(C)C3)c(F)c2)C(=O)O1. The first-order chi connectivity index (χ1) is 13.4. The molecule has 7 nitrogen and oxygen atoms in total. The molecule has 2 aliphatic heterocycles. The van der Waals surface area contributed by atoms with E-state index in [2.05, 4.69) is 18.3 Å². The minimum atomic E-state index is -0.548. The fourth-order valence-electron chi connectivity index (χ4n) is 3.85. The summed E-state index contributed by atoms with van der Waals surface area (Å²) in [4.78, 5) is 26.5. The number of piperidine rings is 1. The molecule has 1 N–H and O–H groups in total. The van der Waals surface area contributed by atoms with Gasteiger partial charge in [0.05, 0.1) is 30.5 Å². The Morgan fingerprint density at radius 3 is 2.86 bits per heavy atom. The van der Waals surface area contributed by atoms with Crippen LogP contribution in [0.5, 0.6) is 0 Å². The van der Waals surface area contributed by atoms with Crippen molar-refractivity contribution in [2.45, 2.75) is 32.8 Å². The number of hydrogen-bond acceptors (Lipinski definition) is 5. The van der Waals surface area contributed by atoms with Gasteiger partial charge < -0.3 is 15.0 Å². The van der Waals surface area contributed by atoms with Crippen LogP contribution < -0.4 is 15.1 Å². The number of nitriles is 1. The van der Waals surface area contributed by atoms with Crippen LogP contribution in [0.25, 0.3) is 0 Å². The molecule has 2 saturated heterocycles. The van der Waals surface area contributed by atoms with Crippen LogP contribution in [-0.2, 0) is 9.53 Å². The van der Waals surface area contributed by atoms with E-state index in [0.29, 0.717) is 42.7 Å². The van der Waals surface area contributed by atoms with Crippen molar-refractivity contribution in [1.29, 1.82) is 5.26 Å². The Morgan fingerprint density at radius 2 is 2.21 bits per heavy atom. The van der Waals surface area contributed by atoms with E-state index in [-0.39, 0.29) is 24.8 Å². The summed E-state index contributed by atoms with van der Waals surface area (Å²) in [7, 11) is 0. The molecule has 2 amide bonds. The second-order valence-corrected chi connectivity index (χ2v) is 7.52. The summed E-state index contributed by atoms with van der Waals surface area (Å²) in [5.74, 6) is 0.0817. The van der Waals surface area contributed by atoms with Crippen LogP contribution in [0.3, 0.4) is 0 Å². The third kappa shape index (κ3) is 4.35. The first-order valence-electron chi connectivity index (χ1n) is 9.53. The number of carbonyl (C=O) groups excluding carboxylic acids is 2. The highest BCUT2D eigenvalue weighted by Gasteiger charge is 2.33. The van der Waals surface area contributed by atoms with Crippen LogP contribution in [0.15, 0.2) is 18.2 Å². The van der Waals surface area contributed by atoms with Crippen molar-refractivity contribution < 1.29 is 18.7 Å². The van der Waals surface area contributed by atoms with Crippen LogP contribution >= 0.6 is 0 Å². The Labute approximate surface area is 164 Å². The van der Waals surface area contributed by atoms with Crippen molar-refractivity contribution in [3.63, 3.8) is 0 Å². The number of carbonyl (C=O) groups is 2. The monoisotopic (exact) mass is 388 g/mol. The van der Waals surface area contributed by atoms with Gasteiger partial charge in [0.15, 0.2) is 0 Å². The molecule has 0 aliphatic carbocycles. The molecule has 3 atom stereocenters. The summed E-state index contributed by atoms with van der Waals surface area (Å²) in [6.45, 7) is 5.38. The third-order valence-corrected chi connectivity index (χ3v) is 5.47. The van der Waals surface area contributed by atoms with Gasteiger partial charge in [-0.1, -0.05) is 6.92 Å². The first kappa shape index (κ1) is 19.9. The first-order valence-corrected chi connectivity index (χ1v) is 9.53. The quantitative estimate of drug-likeness (QED) is 0.838. The minimum Gasteiger partial charge on any atom is -0.442 e. The molecule has 0 bridgehead atoms. The van der Waals surface area contributed by atoms with E-state index in [1.807, 2.05) is 4.90 Å². The topological polar surface area (TPSA) is 85.7 Å². The van der Waals surface area contributed by atoms with Crippen LogP contribution in [0.4, 0.5) is 20.6 Å². The van der Waals surface area contributed by atoms with Gasteiger partial charge in [-0.2, -0.15) is 5.26 Å². The Bertz CT molecular complexity index is 794. The molecule has 0 spiro atoms. The van der Waals surface area contributed by atoms with Gasteiger partial charge in [-0.3, -0.25) is 9.69 Å². The van der Waals surface area contributed by atoms with Crippen LogP contribution in [0, 0.1) is 29.0 Å². The number of nitrogens with one attached hydrogen (secondary N) is 1. The molecule has 2 heterocycles. The Kier molecular flexibility index (Phi) is 6.02. The van der Waals surface area contributed by atoms with E-state index in [4.69, 9.17) is 10.00 Å². The summed E-state index contributed by atoms with van der Waals surface area (Å²) in [6.07, 6.45) is 0.388. The van der Waals surface area contributed by atoms with Gasteiger partial charge in [0, 0.05) is 26.4 Å². The van der Waals surface area contributed by atoms with Gasteiger partial charge in [0.1, 0.15) is 11.9 Å². The Balaban J connectivity index is 1.67. The standard InChI is InChI=1S/C20H25FN4O3/c1-13-11-24(8-6-15(13)5-7-22)19-4-3-16(9-18(19)21)25-12-17(28-20(25)27)10-23-14(2)26/h3-4,9,13,15,17H,5-6,8,10-12H2,1-2H3,(H,23,26). The van der Waals surface area contributed by atoms with E-state index in [1.54, 1.807) is 12.1 Å². The number of benzene rings is 1. The highest BCUT2D eigenvalue weighted by atomic mass is 19.1. The van der Waals surface area contributed by atoms with Crippen molar-refractivity contribution in [3.05, 3.63) is 24.0 Å². The van der Waals surface area contributed by atoms with Crippen LogP contribution in [0.2, 0.25) is 0 Å². The number of nitrogens with zero attached hydrogens (tertiary/aromatic N) is 3. The van der Waals surface area contributed by atoms with Gasteiger partial charge in [0.2, 0.25) is 5.91 Å². The molecule has 0 radical (unpaired) electrons. The lowest BCUT2D eigenvalue weighted by molar-refractivity contribution is -0.119. The lowest BCUT2D eigenvalue weighted by Gasteiger charge is -2.37. The third-order valence-electron chi connectivity index (χ3n) is 5.47. The smallest absolute Gasteiger partial charge is 0.414 e. The fourth-order valence-corrected chi connectivity index (χ4v) is 3.85. The normalized spacial score (nSPS) is 24.6. The molecule has 0 aromatic heterocycles. The predicted molar refractivity (Wildman–Crippen MR) is 102 cm³/mol. The largest absolute Gasteiger partial charge is 0.442 e. The van der Waals surface area contributed by atoms with Crippen LogP contribution in [0.1, 0.15) is 26.7 Å². The highest BCUT2D eigenvalue weighted by molar-refractivity contribution is 5.90. The van der Waals surface area contributed by atoms with Gasteiger partial charge in [-0.15, -0.1) is 0 Å². The van der Waals surface area contributed by atoms with Gasteiger partial charge >= 0.3 is 6.09 Å². The maximum Gasteiger partial charge on any atom is 0.414 e. The Hall–Kier alpha value is -2.82. The summed E-state index contributed by atoms with van der Waals surface area (Å²) in [5, 5.41) is 11.5. The molecular weight excluding hydrogens is 363 g/mol. The number of halogens is 1. The number of amides is 2. The van der Waals surface area contributed by atoms with Gasteiger partial charge in [-0.05, 0) is 36.5 Å². The molecule has 2 fully saturated rings. The number of anilines is 2. The molecule has 3 rings (SSSR count). The summed E-state index contributed by atoms with van der Waals surface area (Å²) in [6, 6.07) is 6.99. The zero-order valence-electron chi connectivity index (χ0n) is 16.2. The maximum absolute atomic E-state index is 14.8. The van der Waals surface area contributed by atoms with Crippen molar-refractivity contribution in [1.82, 2.24) is 5.32 Å². The van der Waals surface area contributed by atoms with E-state index in [0.717, 1.165) is 6.42 Å². The average Bonchev–Trinajstić information content (AvgIpc) is 3.02. The molecular formula is C20H25FN4O3. The number of cyclic esters (lactones) is 1. The molecule has 1 aromatic carbocycles. The molecule has 8 heteroatoms. The van der Waals surface area contributed by atoms with Crippen molar-refractivity contribution >= 4 is 23.4 Å². The number of rotatable bonds is 5. The van der Waals surface area contributed by atoms with E-state index in [1.165, 1.54) is 17.9 Å².